The normalized spacial score (nSPS) is 21.4. The first kappa shape index (κ1) is 12.0. The van der Waals surface area contributed by atoms with Crippen LogP contribution in [0.25, 0.3) is 0 Å². The molecule has 1 aliphatic heterocycles. The van der Waals surface area contributed by atoms with Gasteiger partial charge in [-0.2, -0.15) is 0 Å². The molecular formula is C10H16N4O3. The zero-order valence-corrected chi connectivity index (χ0v) is 9.68. The SMILES string of the molecule is CC1COCCN1Cc1cc(C(=O)NN)no1. The molecule has 1 aromatic rings. The second-order valence-electron chi connectivity index (χ2n) is 4.05. The van der Waals surface area contributed by atoms with E-state index in [0.29, 0.717) is 31.6 Å². The van der Waals surface area contributed by atoms with E-state index < -0.39 is 5.91 Å². The average molecular weight is 240 g/mol. The zero-order chi connectivity index (χ0) is 12.3. The molecule has 1 saturated heterocycles. The molecule has 7 heteroatoms. The summed E-state index contributed by atoms with van der Waals surface area (Å²) in [6.45, 7) is 4.98. The molecule has 1 fully saturated rings. The summed E-state index contributed by atoms with van der Waals surface area (Å²) in [4.78, 5) is 13.4. The van der Waals surface area contributed by atoms with Crippen molar-refractivity contribution >= 4 is 5.91 Å². The van der Waals surface area contributed by atoms with E-state index in [0.717, 1.165) is 6.54 Å². The lowest BCUT2D eigenvalue weighted by Crippen LogP contribution is -2.42. The molecule has 3 N–H and O–H groups in total. The highest BCUT2D eigenvalue weighted by molar-refractivity contribution is 5.91. The van der Waals surface area contributed by atoms with Crippen LogP contribution < -0.4 is 11.3 Å². The Balaban J connectivity index is 1.98. The van der Waals surface area contributed by atoms with Gasteiger partial charge in [-0.25, -0.2) is 5.84 Å². The topological polar surface area (TPSA) is 93.6 Å². The van der Waals surface area contributed by atoms with Gasteiger partial charge in [-0.3, -0.25) is 15.1 Å². The van der Waals surface area contributed by atoms with Crippen LogP contribution >= 0.6 is 0 Å². The summed E-state index contributed by atoms with van der Waals surface area (Å²) >= 11 is 0. The fourth-order valence-corrected chi connectivity index (χ4v) is 1.76. The second kappa shape index (κ2) is 5.26. The molecule has 0 saturated carbocycles. The van der Waals surface area contributed by atoms with E-state index in [4.69, 9.17) is 15.1 Å². The molecule has 1 unspecified atom stereocenters. The number of hydrogen-bond acceptors (Lipinski definition) is 6. The molecular weight excluding hydrogens is 224 g/mol. The molecule has 94 valence electrons. The minimum absolute atomic E-state index is 0.198. The maximum atomic E-state index is 11.2. The van der Waals surface area contributed by atoms with Crippen LogP contribution in [0, 0.1) is 0 Å². The van der Waals surface area contributed by atoms with Gasteiger partial charge < -0.3 is 9.26 Å². The molecule has 0 aromatic carbocycles. The summed E-state index contributed by atoms with van der Waals surface area (Å²) in [6.07, 6.45) is 0. The van der Waals surface area contributed by atoms with Crippen molar-refractivity contribution in [2.24, 2.45) is 5.84 Å². The van der Waals surface area contributed by atoms with Crippen LogP contribution in [0.1, 0.15) is 23.2 Å². The second-order valence-corrected chi connectivity index (χ2v) is 4.05. The minimum atomic E-state index is -0.449. The van der Waals surface area contributed by atoms with E-state index in [-0.39, 0.29) is 5.69 Å². The molecule has 0 bridgehead atoms. The van der Waals surface area contributed by atoms with Gasteiger partial charge in [0.1, 0.15) is 0 Å². The molecule has 1 aromatic heterocycles. The Kier molecular flexibility index (Phi) is 3.72. The third kappa shape index (κ3) is 2.82. The van der Waals surface area contributed by atoms with Gasteiger partial charge in [0, 0.05) is 18.7 Å². The lowest BCUT2D eigenvalue weighted by atomic mass is 10.2. The lowest BCUT2D eigenvalue weighted by Gasteiger charge is -2.32. The number of rotatable bonds is 3. The predicted octanol–water partition coefficient (Wildman–Crippen LogP) is -0.501. The van der Waals surface area contributed by atoms with Crippen LogP contribution in [0.3, 0.4) is 0 Å². The molecule has 1 atom stereocenters. The van der Waals surface area contributed by atoms with Gasteiger partial charge >= 0.3 is 0 Å². The summed E-state index contributed by atoms with van der Waals surface area (Å²) in [5.74, 6) is 5.21. The van der Waals surface area contributed by atoms with E-state index in [2.05, 4.69) is 17.0 Å². The number of aromatic nitrogens is 1. The standard InChI is InChI=1S/C10H16N4O3/c1-7-6-16-3-2-14(7)5-8-4-9(13-17-8)10(15)12-11/h4,7H,2-3,5-6,11H2,1H3,(H,12,15). The Morgan fingerprint density at radius 3 is 3.29 bits per heavy atom. The monoisotopic (exact) mass is 240 g/mol. The highest BCUT2D eigenvalue weighted by Crippen LogP contribution is 2.12. The van der Waals surface area contributed by atoms with Crippen molar-refractivity contribution in [2.75, 3.05) is 19.8 Å². The number of hydrazine groups is 1. The molecule has 1 aliphatic rings. The van der Waals surface area contributed by atoms with E-state index in [1.807, 2.05) is 5.43 Å². The van der Waals surface area contributed by atoms with Gasteiger partial charge in [-0.1, -0.05) is 5.16 Å². The van der Waals surface area contributed by atoms with Crippen molar-refractivity contribution in [1.29, 1.82) is 0 Å². The van der Waals surface area contributed by atoms with E-state index in [1.54, 1.807) is 6.07 Å². The van der Waals surface area contributed by atoms with Gasteiger partial charge in [0.25, 0.3) is 5.91 Å². The number of carbonyl (C=O) groups is 1. The third-order valence-corrected chi connectivity index (χ3v) is 2.79. The largest absolute Gasteiger partial charge is 0.379 e. The zero-order valence-electron chi connectivity index (χ0n) is 9.68. The Bertz CT molecular complexity index is 393. The van der Waals surface area contributed by atoms with Gasteiger partial charge in [0.2, 0.25) is 0 Å². The Labute approximate surface area is 98.8 Å². The van der Waals surface area contributed by atoms with E-state index >= 15 is 0 Å². The number of nitrogen functional groups attached to an aromatic ring is 1. The van der Waals surface area contributed by atoms with Crippen molar-refractivity contribution in [3.05, 3.63) is 17.5 Å². The van der Waals surface area contributed by atoms with Gasteiger partial charge in [-0.05, 0) is 6.92 Å². The maximum Gasteiger partial charge on any atom is 0.287 e. The van der Waals surface area contributed by atoms with Crippen molar-refractivity contribution in [2.45, 2.75) is 19.5 Å². The Morgan fingerprint density at radius 1 is 1.76 bits per heavy atom. The summed E-state index contributed by atoms with van der Waals surface area (Å²) < 4.78 is 10.4. The fraction of sp³-hybridized carbons (Fsp3) is 0.600. The van der Waals surface area contributed by atoms with Crippen LogP contribution in [-0.2, 0) is 11.3 Å². The number of amides is 1. The molecule has 0 spiro atoms. The Hall–Kier alpha value is -1.44. The first-order valence-electron chi connectivity index (χ1n) is 5.49. The number of nitrogens with zero attached hydrogens (tertiary/aromatic N) is 2. The number of hydrogen-bond donors (Lipinski definition) is 2. The third-order valence-electron chi connectivity index (χ3n) is 2.79. The number of nitrogens with two attached hydrogens (primary N) is 1. The van der Waals surface area contributed by atoms with Gasteiger partial charge in [-0.15, -0.1) is 0 Å². The van der Waals surface area contributed by atoms with Gasteiger partial charge in [0.15, 0.2) is 11.5 Å². The van der Waals surface area contributed by atoms with Crippen LogP contribution in [0.2, 0.25) is 0 Å². The van der Waals surface area contributed by atoms with Crippen LogP contribution in [0.5, 0.6) is 0 Å². The predicted molar refractivity (Wildman–Crippen MR) is 58.8 cm³/mol. The summed E-state index contributed by atoms with van der Waals surface area (Å²) in [6, 6.07) is 1.94. The van der Waals surface area contributed by atoms with Crippen LogP contribution in [0.15, 0.2) is 10.6 Å². The van der Waals surface area contributed by atoms with Crippen molar-refractivity contribution in [3.63, 3.8) is 0 Å². The van der Waals surface area contributed by atoms with Gasteiger partial charge in [0.05, 0.1) is 19.8 Å². The van der Waals surface area contributed by atoms with Crippen LogP contribution in [0.4, 0.5) is 0 Å². The molecule has 17 heavy (non-hydrogen) atoms. The molecule has 0 radical (unpaired) electrons. The summed E-state index contributed by atoms with van der Waals surface area (Å²) in [5.41, 5.74) is 2.21. The summed E-state index contributed by atoms with van der Waals surface area (Å²) in [5, 5.41) is 3.65. The van der Waals surface area contributed by atoms with Crippen molar-refractivity contribution in [3.8, 4) is 0 Å². The first-order valence-corrected chi connectivity index (χ1v) is 5.49. The molecule has 0 aliphatic carbocycles. The smallest absolute Gasteiger partial charge is 0.287 e. The highest BCUT2D eigenvalue weighted by atomic mass is 16.5. The number of ether oxygens (including phenoxy) is 1. The van der Waals surface area contributed by atoms with Crippen LogP contribution in [-0.4, -0.2) is 41.8 Å². The maximum absolute atomic E-state index is 11.2. The van der Waals surface area contributed by atoms with Crippen molar-refractivity contribution < 1.29 is 14.1 Å². The molecule has 2 rings (SSSR count). The minimum Gasteiger partial charge on any atom is -0.379 e. The lowest BCUT2D eigenvalue weighted by molar-refractivity contribution is -0.00779. The average Bonchev–Trinajstić information content (AvgIpc) is 2.80. The summed E-state index contributed by atoms with van der Waals surface area (Å²) in [7, 11) is 0. The molecule has 7 nitrogen and oxygen atoms in total. The highest BCUT2D eigenvalue weighted by Gasteiger charge is 2.21. The quantitative estimate of drug-likeness (QED) is 0.420. The Morgan fingerprint density at radius 2 is 2.59 bits per heavy atom. The fourth-order valence-electron chi connectivity index (χ4n) is 1.76. The van der Waals surface area contributed by atoms with Crippen molar-refractivity contribution in [1.82, 2.24) is 15.5 Å². The number of morpholine rings is 1. The molecule has 2 heterocycles. The number of carbonyl (C=O) groups excluding carboxylic acids is 1. The first-order chi connectivity index (χ1) is 8.20. The molecule has 1 amide bonds. The van der Waals surface area contributed by atoms with E-state index in [9.17, 15) is 4.79 Å². The van der Waals surface area contributed by atoms with E-state index in [1.165, 1.54) is 0 Å². The number of nitrogens with one attached hydrogen (secondary N) is 1.